The van der Waals surface area contributed by atoms with Crippen LogP contribution in [0.3, 0.4) is 0 Å². The van der Waals surface area contributed by atoms with E-state index < -0.39 is 0 Å². The van der Waals surface area contributed by atoms with Crippen molar-refractivity contribution in [3.05, 3.63) is 35.6 Å². The second-order valence-electron chi connectivity index (χ2n) is 4.43. The first-order chi connectivity index (χ1) is 8.74. The molecule has 4 nitrogen and oxygen atoms in total. The number of halogens is 1. The van der Waals surface area contributed by atoms with Crippen LogP contribution in [0.25, 0.3) is 0 Å². The molecule has 5 heteroatoms. The molecule has 0 saturated carbocycles. The van der Waals surface area contributed by atoms with Crippen LogP contribution in [0, 0.1) is 5.82 Å². The minimum absolute atomic E-state index is 0.0276. The summed E-state index contributed by atoms with van der Waals surface area (Å²) in [6, 6.07) is 6.03. The highest BCUT2D eigenvalue weighted by molar-refractivity contribution is 5.78. The van der Waals surface area contributed by atoms with Crippen LogP contribution < -0.4 is 10.6 Å². The first-order valence-electron chi connectivity index (χ1n) is 6.18. The summed E-state index contributed by atoms with van der Waals surface area (Å²) in [5.41, 5.74) is 0.828. The van der Waals surface area contributed by atoms with Gasteiger partial charge in [0.05, 0.1) is 13.1 Å². The topological polar surface area (TPSA) is 44.4 Å². The van der Waals surface area contributed by atoms with Gasteiger partial charge < -0.3 is 10.6 Å². The van der Waals surface area contributed by atoms with Crippen LogP contribution in [-0.2, 0) is 11.2 Å². The highest BCUT2D eigenvalue weighted by Gasteiger charge is 2.10. The Morgan fingerprint density at radius 1 is 1.28 bits per heavy atom. The molecule has 1 saturated heterocycles. The first-order valence-corrected chi connectivity index (χ1v) is 6.18. The van der Waals surface area contributed by atoms with E-state index in [2.05, 4.69) is 15.5 Å². The molecule has 2 N–H and O–H groups in total. The molecule has 1 aromatic carbocycles. The van der Waals surface area contributed by atoms with Gasteiger partial charge in [0.15, 0.2) is 0 Å². The van der Waals surface area contributed by atoms with Crippen LogP contribution in [0.15, 0.2) is 24.3 Å². The van der Waals surface area contributed by atoms with E-state index in [1.807, 2.05) is 0 Å². The van der Waals surface area contributed by atoms with Gasteiger partial charge in [-0.3, -0.25) is 9.69 Å². The summed E-state index contributed by atoms with van der Waals surface area (Å²) in [4.78, 5) is 13.9. The third-order valence-electron chi connectivity index (χ3n) is 2.99. The van der Waals surface area contributed by atoms with Crippen molar-refractivity contribution in [2.75, 3.05) is 32.8 Å². The fourth-order valence-electron chi connectivity index (χ4n) is 1.92. The predicted octanol–water partition coefficient (Wildman–Crippen LogP) is 0.347. The summed E-state index contributed by atoms with van der Waals surface area (Å²) in [5, 5.41) is 6.14. The van der Waals surface area contributed by atoms with E-state index in [-0.39, 0.29) is 11.7 Å². The molecule has 0 atom stereocenters. The molecule has 0 aliphatic carbocycles. The number of amides is 1. The van der Waals surface area contributed by atoms with E-state index >= 15 is 0 Å². The molecule has 0 aromatic heterocycles. The van der Waals surface area contributed by atoms with Gasteiger partial charge in [-0.2, -0.15) is 0 Å². The van der Waals surface area contributed by atoms with Crippen molar-refractivity contribution in [1.82, 2.24) is 15.5 Å². The van der Waals surface area contributed by atoms with Gasteiger partial charge in [0.2, 0.25) is 5.91 Å². The fraction of sp³-hybridized carbons (Fsp3) is 0.462. The zero-order valence-corrected chi connectivity index (χ0v) is 10.3. The molecule has 1 amide bonds. The lowest BCUT2D eigenvalue weighted by Gasteiger charge is -2.27. The molecule has 2 rings (SSSR count). The number of benzene rings is 1. The van der Waals surface area contributed by atoms with Crippen LogP contribution in [0.2, 0.25) is 0 Å². The number of nitrogens with zero attached hydrogens (tertiary/aromatic N) is 1. The maximum Gasteiger partial charge on any atom is 0.225 e. The van der Waals surface area contributed by atoms with E-state index in [9.17, 15) is 9.18 Å². The van der Waals surface area contributed by atoms with Crippen LogP contribution in [0.1, 0.15) is 5.56 Å². The highest BCUT2D eigenvalue weighted by Crippen LogP contribution is 2.03. The number of piperazine rings is 1. The number of hydrogen-bond donors (Lipinski definition) is 2. The summed E-state index contributed by atoms with van der Waals surface area (Å²) in [7, 11) is 0. The van der Waals surface area contributed by atoms with Gasteiger partial charge in [-0.1, -0.05) is 12.1 Å². The van der Waals surface area contributed by atoms with Gasteiger partial charge in [0.25, 0.3) is 0 Å². The van der Waals surface area contributed by atoms with Crippen molar-refractivity contribution in [2.24, 2.45) is 0 Å². The molecule has 18 heavy (non-hydrogen) atoms. The Balaban J connectivity index is 1.73. The lowest BCUT2D eigenvalue weighted by molar-refractivity contribution is -0.121. The van der Waals surface area contributed by atoms with Gasteiger partial charge in [-0.15, -0.1) is 0 Å². The molecule has 0 unspecified atom stereocenters. The van der Waals surface area contributed by atoms with E-state index in [0.29, 0.717) is 13.1 Å². The summed E-state index contributed by atoms with van der Waals surface area (Å²) in [6.07, 6.45) is 0.298. The molecule has 1 fully saturated rings. The van der Waals surface area contributed by atoms with E-state index in [4.69, 9.17) is 0 Å². The number of carbonyl (C=O) groups is 1. The number of rotatable bonds is 4. The third-order valence-corrected chi connectivity index (χ3v) is 2.99. The molecule has 0 bridgehead atoms. The number of hydrogen-bond acceptors (Lipinski definition) is 3. The Kier molecular flexibility index (Phi) is 4.66. The fourth-order valence-corrected chi connectivity index (χ4v) is 1.92. The van der Waals surface area contributed by atoms with Crippen molar-refractivity contribution >= 4 is 5.91 Å². The summed E-state index contributed by atoms with van der Waals surface area (Å²) < 4.78 is 12.7. The summed E-state index contributed by atoms with van der Waals surface area (Å²) in [6.45, 7) is 4.43. The van der Waals surface area contributed by atoms with Gasteiger partial charge >= 0.3 is 0 Å². The van der Waals surface area contributed by atoms with Crippen molar-refractivity contribution in [3.63, 3.8) is 0 Å². The number of nitrogens with one attached hydrogen (secondary N) is 2. The minimum atomic E-state index is -0.278. The summed E-state index contributed by atoms with van der Waals surface area (Å²) >= 11 is 0. The van der Waals surface area contributed by atoms with Crippen molar-refractivity contribution in [3.8, 4) is 0 Å². The van der Waals surface area contributed by atoms with Crippen LogP contribution in [-0.4, -0.2) is 43.7 Å². The lowest BCUT2D eigenvalue weighted by atomic mass is 10.1. The molecule has 1 aromatic rings. The first kappa shape index (κ1) is 13.0. The molecule has 0 spiro atoms. The summed E-state index contributed by atoms with van der Waals surface area (Å²) in [5.74, 6) is -0.305. The van der Waals surface area contributed by atoms with Gasteiger partial charge in [-0.25, -0.2) is 4.39 Å². The molecule has 1 heterocycles. The molecule has 1 aliphatic rings. The average molecular weight is 251 g/mol. The Bertz CT molecular complexity index is 388. The maximum atomic E-state index is 12.7. The van der Waals surface area contributed by atoms with Gasteiger partial charge in [-0.05, 0) is 17.7 Å². The third kappa shape index (κ3) is 4.09. The standard InChI is InChI=1S/C13H18FN3O/c14-12-3-1-11(2-4-12)9-13(18)16-10-17-7-5-15-6-8-17/h1-4,15H,5-10H2,(H,16,18). The Morgan fingerprint density at radius 3 is 2.61 bits per heavy atom. The Hall–Kier alpha value is -1.46. The van der Waals surface area contributed by atoms with Crippen molar-refractivity contribution in [1.29, 1.82) is 0 Å². The van der Waals surface area contributed by atoms with Crippen LogP contribution in [0.4, 0.5) is 4.39 Å². The second-order valence-corrected chi connectivity index (χ2v) is 4.43. The normalized spacial score (nSPS) is 16.5. The Morgan fingerprint density at radius 2 is 1.94 bits per heavy atom. The quantitative estimate of drug-likeness (QED) is 0.811. The molecule has 98 valence electrons. The van der Waals surface area contributed by atoms with Gasteiger partial charge in [0.1, 0.15) is 5.82 Å². The van der Waals surface area contributed by atoms with Crippen molar-refractivity contribution in [2.45, 2.75) is 6.42 Å². The van der Waals surface area contributed by atoms with Crippen LogP contribution >= 0.6 is 0 Å². The Labute approximate surface area is 106 Å². The highest BCUT2D eigenvalue weighted by atomic mass is 19.1. The predicted molar refractivity (Wildman–Crippen MR) is 67.6 cm³/mol. The largest absolute Gasteiger partial charge is 0.343 e. The average Bonchev–Trinajstić information content (AvgIpc) is 2.40. The molecule has 1 aliphatic heterocycles. The zero-order valence-electron chi connectivity index (χ0n) is 10.3. The zero-order chi connectivity index (χ0) is 12.8. The maximum absolute atomic E-state index is 12.7. The number of carbonyl (C=O) groups excluding carboxylic acids is 1. The van der Waals surface area contributed by atoms with Crippen molar-refractivity contribution < 1.29 is 9.18 Å². The molecular formula is C13H18FN3O. The van der Waals surface area contributed by atoms with E-state index in [1.54, 1.807) is 12.1 Å². The minimum Gasteiger partial charge on any atom is -0.343 e. The molecular weight excluding hydrogens is 233 g/mol. The lowest BCUT2D eigenvalue weighted by Crippen LogP contribution is -2.48. The van der Waals surface area contributed by atoms with Crippen LogP contribution in [0.5, 0.6) is 0 Å². The van der Waals surface area contributed by atoms with E-state index in [0.717, 1.165) is 31.7 Å². The second kappa shape index (κ2) is 6.47. The van der Waals surface area contributed by atoms with Gasteiger partial charge in [0, 0.05) is 26.2 Å². The van der Waals surface area contributed by atoms with E-state index in [1.165, 1.54) is 12.1 Å². The smallest absolute Gasteiger partial charge is 0.225 e. The molecule has 0 radical (unpaired) electrons. The monoisotopic (exact) mass is 251 g/mol. The SMILES string of the molecule is O=C(Cc1ccc(F)cc1)NCN1CCNCC1.